The molecule has 3 aromatic carbocycles. The highest BCUT2D eigenvalue weighted by Gasteiger charge is 2.17. The molecule has 0 saturated heterocycles. The molecule has 3 aromatic rings. The first-order valence-electron chi connectivity index (χ1n) is 7.91. The van der Waals surface area contributed by atoms with E-state index in [1.165, 1.54) is 12.1 Å². The molecule has 0 aliphatic carbocycles. The van der Waals surface area contributed by atoms with Crippen molar-refractivity contribution in [3.63, 3.8) is 0 Å². The van der Waals surface area contributed by atoms with E-state index >= 15 is 0 Å². The van der Waals surface area contributed by atoms with Crippen molar-refractivity contribution in [2.24, 2.45) is 0 Å². The third-order valence-corrected chi connectivity index (χ3v) is 3.90. The van der Waals surface area contributed by atoms with Crippen molar-refractivity contribution in [2.45, 2.75) is 12.5 Å². The zero-order valence-electron chi connectivity index (χ0n) is 13.2. The number of carbonyl (C=O) groups excluding carboxylic acids is 1. The van der Waals surface area contributed by atoms with Gasteiger partial charge in [-0.15, -0.1) is 0 Å². The van der Waals surface area contributed by atoms with E-state index in [1.54, 1.807) is 12.1 Å². The zero-order chi connectivity index (χ0) is 16.8. The van der Waals surface area contributed by atoms with E-state index in [-0.39, 0.29) is 17.6 Å². The van der Waals surface area contributed by atoms with E-state index in [4.69, 9.17) is 0 Å². The van der Waals surface area contributed by atoms with Gasteiger partial charge in [0.25, 0.3) is 0 Å². The summed E-state index contributed by atoms with van der Waals surface area (Å²) in [4.78, 5) is 12.6. The topological polar surface area (TPSA) is 49.3 Å². The molecule has 3 nitrogen and oxygen atoms in total. The third-order valence-electron chi connectivity index (χ3n) is 3.90. The number of Topliss-reactive ketones (excluding diaryl/α,β-unsaturated/α-hetero) is 1. The summed E-state index contributed by atoms with van der Waals surface area (Å²) in [6, 6.07) is 26.1. The lowest BCUT2D eigenvalue weighted by atomic mass is 9.97. The summed E-state index contributed by atoms with van der Waals surface area (Å²) in [5.74, 6) is 0.195. The molecular weight excluding hydrogens is 298 g/mol. The standard InChI is InChI=1S/C21H19NO2/c23-19-13-11-17(12-14-19)21(24)15-20(16-7-3-1-4-8-16)22-18-9-5-2-6-10-18/h1-14,20,22-23H,15H2. The number of rotatable bonds is 6. The number of carbonyl (C=O) groups is 1. The van der Waals surface area contributed by atoms with Crippen LogP contribution in [0.5, 0.6) is 5.75 Å². The Morgan fingerprint density at radius 2 is 1.42 bits per heavy atom. The van der Waals surface area contributed by atoms with Crippen molar-refractivity contribution >= 4 is 11.5 Å². The highest BCUT2D eigenvalue weighted by Crippen LogP contribution is 2.24. The van der Waals surface area contributed by atoms with E-state index in [0.717, 1.165) is 11.3 Å². The molecule has 0 heterocycles. The van der Waals surface area contributed by atoms with Crippen molar-refractivity contribution in [1.82, 2.24) is 0 Å². The molecule has 1 atom stereocenters. The number of para-hydroxylation sites is 1. The summed E-state index contributed by atoms with van der Waals surface area (Å²) in [6.07, 6.45) is 0.337. The minimum Gasteiger partial charge on any atom is -0.508 e. The highest BCUT2D eigenvalue weighted by atomic mass is 16.3. The smallest absolute Gasteiger partial charge is 0.165 e. The number of phenolic OH excluding ortho intramolecular Hbond substituents is 1. The average Bonchev–Trinajstić information content (AvgIpc) is 2.63. The number of ketones is 1. The molecule has 0 saturated carbocycles. The van der Waals surface area contributed by atoms with Gasteiger partial charge in [0, 0.05) is 17.7 Å². The van der Waals surface area contributed by atoms with Crippen LogP contribution in [0.25, 0.3) is 0 Å². The van der Waals surface area contributed by atoms with Crippen LogP contribution in [-0.4, -0.2) is 10.9 Å². The molecule has 0 fully saturated rings. The molecule has 0 aliphatic heterocycles. The van der Waals surface area contributed by atoms with Gasteiger partial charge < -0.3 is 10.4 Å². The van der Waals surface area contributed by atoms with E-state index in [0.29, 0.717) is 12.0 Å². The largest absolute Gasteiger partial charge is 0.508 e. The first-order valence-corrected chi connectivity index (χ1v) is 7.91. The van der Waals surface area contributed by atoms with E-state index in [2.05, 4.69) is 5.32 Å². The Morgan fingerprint density at radius 1 is 0.833 bits per heavy atom. The van der Waals surface area contributed by atoms with Crippen molar-refractivity contribution < 1.29 is 9.90 Å². The Kier molecular flexibility index (Phi) is 4.92. The van der Waals surface area contributed by atoms with Gasteiger partial charge in [0.05, 0.1) is 6.04 Å². The van der Waals surface area contributed by atoms with Crippen molar-refractivity contribution in [3.8, 4) is 5.75 Å². The van der Waals surface area contributed by atoms with Crippen molar-refractivity contribution in [3.05, 3.63) is 96.1 Å². The maximum absolute atomic E-state index is 12.6. The average molecular weight is 317 g/mol. The molecule has 0 radical (unpaired) electrons. The predicted molar refractivity (Wildman–Crippen MR) is 96.3 cm³/mol. The van der Waals surface area contributed by atoms with Crippen LogP contribution in [0.1, 0.15) is 28.4 Å². The Labute approximate surface area is 141 Å². The van der Waals surface area contributed by atoms with Crippen LogP contribution in [0.2, 0.25) is 0 Å². The van der Waals surface area contributed by atoms with Gasteiger partial charge in [-0.05, 0) is 42.0 Å². The summed E-state index contributed by atoms with van der Waals surface area (Å²) < 4.78 is 0. The molecule has 120 valence electrons. The fourth-order valence-electron chi connectivity index (χ4n) is 2.62. The number of anilines is 1. The first kappa shape index (κ1) is 15.8. The van der Waals surface area contributed by atoms with Gasteiger partial charge in [-0.1, -0.05) is 48.5 Å². The third kappa shape index (κ3) is 4.02. The maximum atomic E-state index is 12.6. The minimum atomic E-state index is -0.116. The van der Waals surface area contributed by atoms with Crippen LogP contribution < -0.4 is 5.32 Å². The SMILES string of the molecule is O=C(CC(Nc1ccccc1)c1ccccc1)c1ccc(O)cc1. The van der Waals surface area contributed by atoms with Crippen LogP contribution in [0.4, 0.5) is 5.69 Å². The number of benzene rings is 3. The van der Waals surface area contributed by atoms with Crippen LogP contribution in [-0.2, 0) is 0 Å². The summed E-state index contributed by atoms with van der Waals surface area (Å²) in [5.41, 5.74) is 2.64. The molecule has 2 N–H and O–H groups in total. The van der Waals surface area contributed by atoms with Gasteiger partial charge in [0.15, 0.2) is 5.78 Å². The minimum absolute atomic E-state index is 0.0345. The molecular formula is C21H19NO2. The normalized spacial score (nSPS) is 11.7. The Bertz CT molecular complexity index is 783. The van der Waals surface area contributed by atoms with Crippen LogP contribution >= 0.6 is 0 Å². The molecule has 0 spiro atoms. The monoisotopic (exact) mass is 317 g/mol. The molecule has 3 rings (SSSR count). The lowest BCUT2D eigenvalue weighted by Gasteiger charge is -2.20. The fourth-order valence-corrected chi connectivity index (χ4v) is 2.62. The molecule has 0 aliphatic rings. The summed E-state index contributed by atoms with van der Waals surface area (Å²) in [6.45, 7) is 0. The zero-order valence-corrected chi connectivity index (χ0v) is 13.2. The van der Waals surface area contributed by atoms with Gasteiger partial charge in [-0.2, -0.15) is 0 Å². The Balaban J connectivity index is 1.82. The second kappa shape index (κ2) is 7.47. The van der Waals surface area contributed by atoms with E-state index in [9.17, 15) is 9.90 Å². The second-order valence-electron chi connectivity index (χ2n) is 5.65. The molecule has 24 heavy (non-hydrogen) atoms. The fraction of sp³-hybridized carbons (Fsp3) is 0.0952. The maximum Gasteiger partial charge on any atom is 0.165 e. The molecule has 1 unspecified atom stereocenters. The van der Waals surface area contributed by atoms with Gasteiger partial charge in [-0.25, -0.2) is 0 Å². The van der Waals surface area contributed by atoms with Gasteiger partial charge in [-0.3, -0.25) is 4.79 Å². The lowest BCUT2D eigenvalue weighted by molar-refractivity contribution is 0.0976. The Morgan fingerprint density at radius 3 is 2.04 bits per heavy atom. The molecule has 0 aromatic heterocycles. The number of nitrogens with one attached hydrogen (secondary N) is 1. The van der Waals surface area contributed by atoms with E-state index < -0.39 is 0 Å². The number of phenols is 1. The van der Waals surface area contributed by atoms with Gasteiger partial charge >= 0.3 is 0 Å². The number of hydrogen-bond acceptors (Lipinski definition) is 3. The van der Waals surface area contributed by atoms with Crippen LogP contribution in [0.3, 0.4) is 0 Å². The van der Waals surface area contributed by atoms with Gasteiger partial charge in [0.2, 0.25) is 0 Å². The first-order chi connectivity index (χ1) is 11.7. The highest BCUT2D eigenvalue weighted by molar-refractivity contribution is 5.96. The molecule has 3 heteroatoms. The van der Waals surface area contributed by atoms with Crippen molar-refractivity contribution in [1.29, 1.82) is 0 Å². The van der Waals surface area contributed by atoms with Crippen molar-refractivity contribution in [2.75, 3.05) is 5.32 Å². The predicted octanol–water partition coefficient (Wildman–Crippen LogP) is 4.82. The molecule has 0 bridgehead atoms. The van der Waals surface area contributed by atoms with Gasteiger partial charge in [0.1, 0.15) is 5.75 Å². The van der Waals surface area contributed by atoms with Crippen LogP contribution in [0.15, 0.2) is 84.9 Å². The number of hydrogen-bond donors (Lipinski definition) is 2. The van der Waals surface area contributed by atoms with Crippen LogP contribution in [0, 0.1) is 0 Å². The van der Waals surface area contributed by atoms with E-state index in [1.807, 2.05) is 60.7 Å². The summed E-state index contributed by atoms with van der Waals surface area (Å²) in [5, 5.41) is 12.8. The second-order valence-corrected chi connectivity index (χ2v) is 5.65. The summed E-state index contributed by atoms with van der Waals surface area (Å²) in [7, 11) is 0. The lowest BCUT2D eigenvalue weighted by Crippen LogP contribution is -2.15. The number of aromatic hydroxyl groups is 1. The summed E-state index contributed by atoms with van der Waals surface area (Å²) >= 11 is 0. The quantitative estimate of drug-likeness (QED) is 0.641. The molecule has 0 amide bonds. The Hall–Kier alpha value is -3.07.